The average molecular weight is 496 g/mol. The lowest BCUT2D eigenvalue weighted by atomic mass is 10.1. The highest BCUT2D eigenvalue weighted by Crippen LogP contribution is 2.37. The summed E-state index contributed by atoms with van der Waals surface area (Å²) in [6.07, 6.45) is 1.56. The molecule has 0 bridgehead atoms. The molecule has 0 spiro atoms. The van der Waals surface area contributed by atoms with Crippen LogP contribution in [0.25, 0.3) is 0 Å². The number of rotatable bonds is 8. The van der Waals surface area contributed by atoms with Gasteiger partial charge >= 0.3 is 0 Å². The van der Waals surface area contributed by atoms with E-state index in [4.69, 9.17) is 9.47 Å². The van der Waals surface area contributed by atoms with E-state index in [2.05, 4.69) is 32.5 Å². The predicted molar refractivity (Wildman–Crippen MR) is 122 cm³/mol. The third-order valence-corrected chi connectivity index (χ3v) is 5.03. The van der Waals surface area contributed by atoms with E-state index in [9.17, 15) is 14.4 Å². The number of methoxy groups -OCH3 is 1. The number of halogens is 2. The fraction of sp³-hybridized carbons (Fsp3) is 0.125. The maximum absolute atomic E-state index is 12.9. The smallest absolute Gasteiger partial charge is 0.244 e. The second-order valence-electron chi connectivity index (χ2n) is 6.69. The highest BCUT2D eigenvalue weighted by Gasteiger charge is 2.13. The number of carbonyl (C=O) groups is 1. The highest BCUT2D eigenvalue weighted by molar-refractivity contribution is 9.10. The molecule has 0 saturated carbocycles. The first-order chi connectivity index (χ1) is 15.5. The Labute approximate surface area is 193 Å². The van der Waals surface area contributed by atoms with Crippen molar-refractivity contribution in [2.24, 2.45) is 5.10 Å². The second kappa shape index (κ2) is 11.1. The number of nitrogens with zero attached hydrogens (tertiary/aromatic N) is 2. The average Bonchev–Trinajstić information content (AvgIpc) is 2.79. The van der Waals surface area contributed by atoms with Crippen LogP contribution in [0.2, 0.25) is 0 Å². The van der Waals surface area contributed by atoms with Gasteiger partial charge in [0.15, 0.2) is 11.5 Å². The molecule has 0 aliphatic carbocycles. The molecule has 3 aromatic rings. The minimum atomic E-state index is -0.353. The Morgan fingerprint density at radius 2 is 1.97 bits per heavy atom. The van der Waals surface area contributed by atoms with Crippen LogP contribution in [0.4, 0.5) is 4.39 Å². The van der Waals surface area contributed by atoms with Crippen molar-refractivity contribution in [3.8, 4) is 17.6 Å². The van der Waals surface area contributed by atoms with Gasteiger partial charge in [-0.05, 0) is 57.4 Å². The molecule has 0 fully saturated rings. The molecule has 1 N–H and O–H groups in total. The number of benzene rings is 3. The number of ether oxygens (including phenoxy) is 2. The van der Waals surface area contributed by atoms with Crippen molar-refractivity contribution in [1.82, 2.24) is 5.43 Å². The Morgan fingerprint density at radius 3 is 2.69 bits per heavy atom. The molecule has 0 radical (unpaired) electrons. The zero-order chi connectivity index (χ0) is 22.9. The van der Waals surface area contributed by atoms with Crippen LogP contribution in [0, 0.1) is 17.1 Å². The standard InChI is InChI=1S/C24H19BrFN3O3/c1-31-22-11-17(14-28-29-23(30)12-16-6-8-20(26)9-7-16)10-21(25)24(22)32-15-19-5-3-2-4-18(19)13-27/h2-11,14H,12,15H2,1H3,(H,29,30)/b28-14+. The van der Waals surface area contributed by atoms with Crippen molar-refractivity contribution < 1.29 is 18.7 Å². The number of amides is 1. The van der Waals surface area contributed by atoms with Gasteiger partial charge in [0.25, 0.3) is 0 Å². The molecule has 8 heteroatoms. The Kier molecular flexibility index (Phi) is 7.95. The van der Waals surface area contributed by atoms with Crippen molar-refractivity contribution in [2.45, 2.75) is 13.0 Å². The van der Waals surface area contributed by atoms with Gasteiger partial charge in [0.1, 0.15) is 12.4 Å². The molecule has 0 saturated heterocycles. The SMILES string of the molecule is COc1cc(/C=N/NC(=O)Cc2ccc(F)cc2)cc(Br)c1OCc1ccccc1C#N. The van der Waals surface area contributed by atoms with Gasteiger partial charge in [-0.3, -0.25) is 4.79 Å². The van der Waals surface area contributed by atoms with Crippen LogP contribution in [0.1, 0.15) is 22.3 Å². The van der Waals surface area contributed by atoms with Gasteiger partial charge in [-0.2, -0.15) is 10.4 Å². The molecular weight excluding hydrogens is 477 g/mol. The van der Waals surface area contributed by atoms with Crippen LogP contribution in [0.15, 0.2) is 70.2 Å². The molecule has 3 rings (SSSR count). The van der Waals surface area contributed by atoms with Crippen LogP contribution in [-0.4, -0.2) is 19.2 Å². The van der Waals surface area contributed by atoms with Crippen LogP contribution in [0.3, 0.4) is 0 Å². The van der Waals surface area contributed by atoms with E-state index in [1.807, 2.05) is 12.1 Å². The van der Waals surface area contributed by atoms with Crippen molar-refractivity contribution in [3.63, 3.8) is 0 Å². The zero-order valence-electron chi connectivity index (χ0n) is 17.1. The van der Waals surface area contributed by atoms with E-state index in [1.54, 1.807) is 36.4 Å². The van der Waals surface area contributed by atoms with E-state index in [0.717, 1.165) is 5.56 Å². The summed E-state index contributed by atoms with van der Waals surface area (Å²) >= 11 is 3.47. The van der Waals surface area contributed by atoms with Gasteiger partial charge in [0, 0.05) is 5.56 Å². The first kappa shape index (κ1) is 23.0. The Hall–Kier alpha value is -3.70. The molecule has 0 heterocycles. The molecule has 3 aromatic carbocycles. The number of hydrogen-bond acceptors (Lipinski definition) is 5. The fourth-order valence-electron chi connectivity index (χ4n) is 2.87. The topological polar surface area (TPSA) is 83.7 Å². The summed E-state index contributed by atoms with van der Waals surface area (Å²) in [6, 6.07) is 18.5. The van der Waals surface area contributed by atoms with Crippen LogP contribution in [-0.2, 0) is 17.8 Å². The third-order valence-electron chi connectivity index (χ3n) is 4.44. The van der Waals surface area contributed by atoms with Gasteiger partial charge in [-0.1, -0.05) is 30.3 Å². The summed E-state index contributed by atoms with van der Waals surface area (Å²) in [5.41, 5.74) is 5.10. The van der Waals surface area contributed by atoms with E-state index in [0.29, 0.717) is 32.7 Å². The van der Waals surface area contributed by atoms with E-state index < -0.39 is 0 Å². The lowest BCUT2D eigenvalue weighted by molar-refractivity contribution is -0.120. The molecule has 0 unspecified atom stereocenters. The Balaban J connectivity index is 1.65. The van der Waals surface area contributed by atoms with E-state index in [-0.39, 0.29) is 24.8 Å². The van der Waals surface area contributed by atoms with Gasteiger partial charge < -0.3 is 9.47 Å². The number of carbonyl (C=O) groups excluding carboxylic acids is 1. The minimum Gasteiger partial charge on any atom is -0.493 e. The van der Waals surface area contributed by atoms with Crippen LogP contribution in [0.5, 0.6) is 11.5 Å². The molecule has 0 aromatic heterocycles. The Morgan fingerprint density at radius 1 is 1.22 bits per heavy atom. The molecule has 32 heavy (non-hydrogen) atoms. The van der Waals surface area contributed by atoms with Crippen molar-refractivity contribution in [3.05, 3.63) is 93.2 Å². The number of hydrazone groups is 1. The molecule has 0 aliphatic rings. The van der Waals surface area contributed by atoms with Crippen LogP contribution < -0.4 is 14.9 Å². The van der Waals surface area contributed by atoms with Crippen molar-refractivity contribution in [1.29, 1.82) is 5.26 Å². The van der Waals surface area contributed by atoms with E-state index in [1.165, 1.54) is 25.5 Å². The van der Waals surface area contributed by atoms with Crippen molar-refractivity contribution >= 4 is 28.1 Å². The zero-order valence-corrected chi connectivity index (χ0v) is 18.7. The summed E-state index contributed by atoms with van der Waals surface area (Å²) < 4.78 is 24.9. The van der Waals surface area contributed by atoms with Gasteiger partial charge in [0.05, 0.1) is 35.9 Å². The van der Waals surface area contributed by atoms with Crippen LogP contribution >= 0.6 is 15.9 Å². The lowest BCUT2D eigenvalue weighted by Gasteiger charge is -2.14. The lowest BCUT2D eigenvalue weighted by Crippen LogP contribution is -2.19. The molecule has 0 atom stereocenters. The summed E-state index contributed by atoms with van der Waals surface area (Å²) in [5.74, 6) is 0.272. The molecule has 1 amide bonds. The largest absolute Gasteiger partial charge is 0.493 e. The Bertz CT molecular complexity index is 1170. The first-order valence-corrected chi connectivity index (χ1v) is 10.3. The normalized spacial score (nSPS) is 10.6. The quantitative estimate of drug-likeness (QED) is 0.361. The maximum Gasteiger partial charge on any atom is 0.244 e. The molecule has 0 aliphatic heterocycles. The highest BCUT2D eigenvalue weighted by atomic mass is 79.9. The predicted octanol–water partition coefficient (Wildman–Crippen LogP) is 4.74. The summed E-state index contributed by atoms with van der Waals surface area (Å²) in [7, 11) is 1.52. The van der Waals surface area contributed by atoms with Crippen molar-refractivity contribution in [2.75, 3.05) is 7.11 Å². The maximum atomic E-state index is 12.9. The molecule has 162 valence electrons. The third kappa shape index (κ3) is 6.15. The molecular formula is C24H19BrFN3O3. The second-order valence-corrected chi connectivity index (χ2v) is 7.54. The van der Waals surface area contributed by atoms with Gasteiger partial charge in [-0.25, -0.2) is 9.82 Å². The number of nitrogens with one attached hydrogen (secondary N) is 1. The fourth-order valence-corrected chi connectivity index (χ4v) is 3.44. The monoisotopic (exact) mass is 495 g/mol. The number of hydrogen-bond donors (Lipinski definition) is 1. The minimum absolute atomic E-state index is 0.0849. The summed E-state index contributed by atoms with van der Waals surface area (Å²) in [4.78, 5) is 12.0. The number of nitriles is 1. The van der Waals surface area contributed by atoms with E-state index >= 15 is 0 Å². The molecule has 6 nitrogen and oxygen atoms in total. The first-order valence-electron chi connectivity index (χ1n) is 9.55. The summed E-state index contributed by atoms with van der Waals surface area (Å²) in [6.45, 7) is 0.200. The van der Waals surface area contributed by atoms with Gasteiger partial charge in [0.2, 0.25) is 5.91 Å². The van der Waals surface area contributed by atoms with Gasteiger partial charge in [-0.15, -0.1) is 0 Å². The summed E-state index contributed by atoms with van der Waals surface area (Å²) in [5, 5.41) is 13.2.